The Morgan fingerprint density at radius 1 is 1.41 bits per heavy atom. The second kappa shape index (κ2) is 6.55. The van der Waals surface area contributed by atoms with Crippen molar-refractivity contribution in [1.29, 1.82) is 0 Å². The van der Waals surface area contributed by atoms with E-state index in [0.29, 0.717) is 18.3 Å². The van der Waals surface area contributed by atoms with Crippen LogP contribution in [-0.2, 0) is 0 Å². The zero-order valence-electron chi connectivity index (χ0n) is 12.6. The minimum atomic E-state index is -0.152. The summed E-state index contributed by atoms with van der Waals surface area (Å²) in [5.41, 5.74) is 0.884. The lowest BCUT2D eigenvalue weighted by Gasteiger charge is -2.32. The van der Waals surface area contributed by atoms with Gasteiger partial charge < -0.3 is 15.2 Å². The zero-order chi connectivity index (χ0) is 15.4. The SMILES string of the molecule is Cc1cnc(C(=O)NC[C@@H]2CCCN(c3ncccn3)C2)[nH]1. The van der Waals surface area contributed by atoms with Crippen LogP contribution in [0.25, 0.3) is 0 Å². The molecule has 1 amide bonds. The standard InChI is InChI=1S/C15H20N6O/c1-11-8-18-13(20-11)14(22)19-9-12-4-2-7-21(10-12)15-16-5-3-6-17-15/h3,5-6,8,12H,2,4,7,9-10H2,1H3,(H,18,20)(H,19,22)/t12-/m0/s1. The number of aromatic amines is 1. The molecule has 22 heavy (non-hydrogen) atoms. The van der Waals surface area contributed by atoms with Gasteiger partial charge in [0.25, 0.3) is 5.91 Å². The molecule has 0 radical (unpaired) electrons. The number of aryl methyl sites for hydroxylation is 1. The molecular weight excluding hydrogens is 280 g/mol. The number of nitrogens with one attached hydrogen (secondary N) is 2. The first-order valence-electron chi connectivity index (χ1n) is 7.54. The summed E-state index contributed by atoms with van der Waals surface area (Å²) in [5, 5.41) is 2.95. The number of imidazole rings is 1. The largest absolute Gasteiger partial charge is 0.349 e. The fourth-order valence-corrected chi connectivity index (χ4v) is 2.72. The predicted molar refractivity (Wildman–Crippen MR) is 82.6 cm³/mol. The molecule has 1 aliphatic heterocycles. The number of rotatable bonds is 4. The quantitative estimate of drug-likeness (QED) is 0.884. The van der Waals surface area contributed by atoms with Crippen molar-refractivity contribution in [2.45, 2.75) is 19.8 Å². The third-order valence-electron chi connectivity index (χ3n) is 3.82. The first-order chi connectivity index (χ1) is 10.7. The van der Waals surface area contributed by atoms with E-state index in [1.165, 1.54) is 0 Å². The number of H-pyrrole nitrogens is 1. The number of carbonyl (C=O) groups excluding carboxylic acids is 1. The topological polar surface area (TPSA) is 86.8 Å². The lowest BCUT2D eigenvalue weighted by Crippen LogP contribution is -2.41. The second-order valence-electron chi connectivity index (χ2n) is 5.63. The highest BCUT2D eigenvalue weighted by molar-refractivity contribution is 5.90. The maximum Gasteiger partial charge on any atom is 0.287 e. The Kier molecular flexibility index (Phi) is 4.32. The van der Waals surface area contributed by atoms with Crippen LogP contribution >= 0.6 is 0 Å². The molecule has 0 bridgehead atoms. The molecule has 0 aromatic carbocycles. The molecule has 0 spiro atoms. The highest BCUT2D eigenvalue weighted by Gasteiger charge is 2.22. The second-order valence-corrected chi connectivity index (χ2v) is 5.63. The number of anilines is 1. The third-order valence-corrected chi connectivity index (χ3v) is 3.82. The Bertz CT molecular complexity index is 626. The van der Waals surface area contributed by atoms with Crippen LogP contribution < -0.4 is 10.2 Å². The summed E-state index contributed by atoms with van der Waals surface area (Å²) >= 11 is 0. The summed E-state index contributed by atoms with van der Waals surface area (Å²) in [5.74, 6) is 1.38. The summed E-state index contributed by atoms with van der Waals surface area (Å²) < 4.78 is 0. The highest BCUT2D eigenvalue weighted by atomic mass is 16.2. The van der Waals surface area contributed by atoms with Crippen LogP contribution in [0, 0.1) is 12.8 Å². The van der Waals surface area contributed by atoms with Gasteiger partial charge >= 0.3 is 0 Å². The van der Waals surface area contributed by atoms with E-state index in [0.717, 1.165) is 37.6 Å². The monoisotopic (exact) mass is 300 g/mol. The Balaban J connectivity index is 1.53. The van der Waals surface area contributed by atoms with E-state index in [9.17, 15) is 4.79 Å². The average Bonchev–Trinajstić information content (AvgIpc) is 3.00. The van der Waals surface area contributed by atoms with E-state index < -0.39 is 0 Å². The van der Waals surface area contributed by atoms with Crippen molar-refractivity contribution in [3.63, 3.8) is 0 Å². The predicted octanol–water partition coefficient (Wildman–Crippen LogP) is 1.15. The molecule has 3 heterocycles. The summed E-state index contributed by atoms with van der Waals surface area (Å²) in [6.07, 6.45) is 7.35. The van der Waals surface area contributed by atoms with Gasteiger partial charge in [0.2, 0.25) is 5.95 Å². The van der Waals surface area contributed by atoms with Crippen LogP contribution in [0.3, 0.4) is 0 Å². The van der Waals surface area contributed by atoms with Crippen molar-refractivity contribution >= 4 is 11.9 Å². The highest BCUT2D eigenvalue weighted by Crippen LogP contribution is 2.19. The molecule has 1 fully saturated rings. The van der Waals surface area contributed by atoms with Crippen molar-refractivity contribution < 1.29 is 4.79 Å². The summed E-state index contributed by atoms with van der Waals surface area (Å²) in [6, 6.07) is 1.82. The van der Waals surface area contributed by atoms with Gasteiger partial charge in [0.05, 0.1) is 0 Å². The zero-order valence-corrected chi connectivity index (χ0v) is 12.6. The molecule has 116 valence electrons. The number of hydrogen-bond acceptors (Lipinski definition) is 5. The molecule has 2 aromatic heterocycles. The van der Waals surface area contributed by atoms with Gasteiger partial charge in [-0.2, -0.15) is 0 Å². The molecular formula is C15H20N6O. The lowest BCUT2D eigenvalue weighted by atomic mass is 9.98. The van der Waals surface area contributed by atoms with Crippen LogP contribution in [0.2, 0.25) is 0 Å². The third kappa shape index (κ3) is 3.41. The van der Waals surface area contributed by atoms with Crippen LogP contribution in [0.5, 0.6) is 0 Å². The summed E-state index contributed by atoms with van der Waals surface area (Å²) in [6.45, 7) is 4.35. The molecule has 1 saturated heterocycles. The number of piperidine rings is 1. The molecule has 2 aromatic rings. The Morgan fingerprint density at radius 3 is 2.95 bits per heavy atom. The van der Waals surface area contributed by atoms with Crippen LogP contribution in [0.15, 0.2) is 24.7 Å². The molecule has 0 saturated carbocycles. The van der Waals surface area contributed by atoms with Gasteiger partial charge in [0.15, 0.2) is 5.82 Å². The van der Waals surface area contributed by atoms with E-state index in [1.807, 2.05) is 13.0 Å². The van der Waals surface area contributed by atoms with Crippen molar-refractivity contribution in [3.8, 4) is 0 Å². The average molecular weight is 300 g/mol. The Labute approximate surface area is 129 Å². The minimum absolute atomic E-state index is 0.152. The smallest absolute Gasteiger partial charge is 0.287 e. The molecule has 0 aliphatic carbocycles. The van der Waals surface area contributed by atoms with Gasteiger partial charge in [-0.3, -0.25) is 4.79 Å². The fourth-order valence-electron chi connectivity index (χ4n) is 2.72. The molecule has 7 nitrogen and oxygen atoms in total. The van der Waals surface area contributed by atoms with Crippen molar-refractivity contribution in [3.05, 3.63) is 36.2 Å². The van der Waals surface area contributed by atoms with E-state index >= 15 is 0 Å². The number of amides is 1. The molecule has 3 rings (SSSR count). The van der Waals surface area contributed by atoms with Gasteiger partial charge in [-0.15, -0.1) is 0 Å². The van der Waals surface area contributed by atoms with Gasteiger partial charge in [-0.1, -0.05) is 0 Å². The van der Waals surface area contributed by atoms with Gasteiger partial charge in [-0.05, 0) is 31.7 Å². The number of carbonyl (C=O) groups is 1. The van der Waals surface area contributed by atoms with Crippen molar-refractivity contribution in [2.75, 3.05) is 24.5 Å². The molecule has 0 unspecified atom stereocenters. The van der Waals surface area contributed by atoms with E-state index in [1.54, 1.807) is 18.6 Å². The van der Waals surface area contributed by atoms with Crippen molar-refractivity contribution in [1.82, 2.24) is 25.3 Å². The van der Waals surface area contributed by atoms with Crippen LogP contribution in [0.4, 0.5) is 5.95 Å². The maximum absolute atomic E-state index is 12.0. The molecule has 1 atom stereocenters. The first-order valence-corrected chi connectivity index (χ1v) is 7.54. The van der Waals surface area contributed by atoms with E-state index in [2.05, 4.69) is 30.2 Å². The Hall–Kier alpha value is -2.44. The summed E-state index contributed by atoms with van der Waals surface area (Å²) in [7, 11) is 0. The normalized spacial score (nSPS) is 18.2. The maximum atomic E-state index is 12.0. The van der Waals surface area contributed by atoms with Gasteiger partial charge in [-0.25, -0.2) is 15.0 Å². The van der Waals surface area contributed by atoms with Gasteiger partial charge in [0.1, 0.15) is 0 Å². The molecule has 1 aliphatic rings. The van der Waals surface area contributed by atoms with Crippen LogP contribution in [0.1, 0.15) is 29.2 Å². The first kappa shape index (κ1) is 14.5. The number of nitrogens with zero attached hydrogens (tertiary/aromatic N) is 4. The van der Waals surface area contributed by atoms with Crippen molar-refractivity contribution in [2.24, 2.45) is 5.92 Å². The number of hydrogen-bond donors (Lipinski definition) is 2. The lowest BCUT2D eigenvalue weighted by molar-refractivity contribution is 0.0936. The van der Waals surface area contributed by atoms with E-state index in [-0.39, 0.29) is 5.91 Å². The van der Waals surface area contributed by atoms with Crippen LogP contribution in [-0.4, -0.2) is 45.5 Å². The fraction of sp³-hybridized carbons (Fsp3) is 0.467. The number of aromatic nitrogens is 4. The van der Waals surface area contributed by atoms with E-state index in [4.69, 9.17) is 0 Å². The molecule has 7 heteroatoms. The molecule has 2 N–H and O–H groups in total. The summed E-state index contributed by atoms with van der Waals surface area (Å²) in [4.78, 5) is 29.8. The van der Waals surface area contributed by atoms with Gasteiger partial charge in [0, 0.05) is 43.9 Å². The Morgan fingerprint density at radius 2 is 2.23 bits per heavy atom. The minimum Gasteiger partial charge on any atom is -0.349 e.